The van der Waals surface area contributed by atoms with Crippen molar-refractivity contribution in [2.45, 2.75) is 0 Å². The van der Waals surface area contributed by atoms with Gasteiger partial charge in [-0.2, -0.15) is 0 Å². The van der Waals surface area contributed by atoms with E-state index in [1.807, 2.05) is 0 Å². The van der Waals surface area contributed by atoms with Gasteiger partial charge in [-0.3, -0.25) is 0 Å². The first-order chi connectivity index (χ1) is 2.45. The van der Waals surface area contributed by atoms with Gasteiger partial charge in [0.1, 0.15) is 0 Å². The molecule has 0 aliphatic carbocycles. The predicted octanol–water partition coefficient (Wildman–Crippen LogP) is -0.715. The van der Waals surface area contributed by atoms with Crippen LogP contribution in [0.2, 0.25) is 0 Å². The summed E-state index contributed by atoms with van der Waals surface area (Å²) in [6, 6.07) is 0. The van der Waals surface area contributed by atoms with Gasteiger partial charge in [0.25, 0.3) is 0 Å². The fourth-order valence-electron chi connectivity index (χ4n) is 0. The van der Waals surface area contributed by atoms with Crippen molar-refractivity contribution < 1.29 is 33.7 Å². The van der Waals surface area contributed by atoms with Gasteiger partial charge in [0, 0.05) is 0 Å². The summed E-state index contributed by atoms with van der Waals surface area (Å²) >= 11 is -9.62. The zero-order chi connectivity index (χ0) is 6.41. The van der Waals surface area contributed by atoms with E-state index in [-0.39, 0.29) is 0 Å². The van der Waals surface area contributed by atoms with Crippen molar-refractivity contribution in [1.82, 2.24) is 0 Å². The summed E-state index contributed by atoms with van der Waals surface area (Å²) in [6.45, 7) is 0. The van der Waals surface area contributed by atoms with Crippen molar-refractivity contribution in [1.29, 1.82) is 0 Å². The van der Waals surface area contributed by atoms with Gasteiger partial charge in [-0.15, -0.1) is 0 Å². The summed E-state index contributed by atoms with van der Waals surface area (Å²) in [4.78, 5) is 0. The average molecular weight is 291 g/mol. The van der Waals surface area contributed by atoms with Crippen molar-refractivity contribution in [3.8, 4) is 0 Å². The first-order valence-corrected chi connectivity index (χ1v) is 6.34. The molecular weight excluding hydrogens is 291 g/mol. The van der Waals surface area contributed by atoms with Crippen LogP contribution in [0.1, 0.15) is 0 Å². The molecule has 0 saturated carbocycles. The topological polar surface area (TPSA) is 102 Å². The molecule has 0 heterocycles. The van der Waals surface area contributed by atoms with E-state index < -0.39 is 13.3 Å². The van der Waals surface area contributed by atoms with Crippen LogP contribution in [0, 0.1) is 0 Å². The Morgan fingerprint density at radius 1 is 0.571 bits per heavy atom. The van der Waals surface area contributed by atoms with Crippen LogP contribution in [0.15, 0.2) is 0 Å². The molecule has 0 saturated heterocycles. The van der Waals surface area contributed by atoms with Gasteiger partial charge in [-0.25, -0.2) is 0 Å². The van der Waals surface area contributed by atoms with Gasteiger partial charge in [0.2, 0.25) is 0 Å². The van der Waals surface area contributed by atoms with Gasteiger partial charge in [-0.1, -0.05) is 0 Å². The van der Waals surface area contributed by atoms with Crippen LogP contribution >= 0.6 is 0 Å². The molecule has 0 unspecified atom stereocenters. The van der Waals surface area contributed by atoms with E-state index in [0.29, 0.717) is 0 Å². The van der Waals surface area contributed by atoms with E-state index in [2.05, 4.69) is 0 Å². The Hall–Kier alpha value is -0.512. The molecule has 0 aromatic carbocycles. The first-order valence-electron chi connectivity index (χ1n) is 0.775. The van der Waals surface area contributed by atoms with E-state index in [9.17, 15) is 0 Å². The van der Waals surface area contributed by atoms with Gasteiger partial charge in [-0.05, 0) is 0 Å². The van der Waals surface area contributed by atoms with Crippen LogP contribution in [0.5, 0.6) is 0 Å². The number of hydrogen-bond acceptors (Lipinski definition) is 6. The molecule has 7 heavy (non-hydrogen) atoms. The molecule has 0 fully saturated rings. The Labute approximate surface area is 34.4 Å². The molecule has 0 rings (SSSR count). The maximum atomic E-state index is 8.66. The molecule has 0 aliphatic rings. The number of hydrogen-bond donors (Lipinski definition) is 0. The molecule has 0 bridgehead atoms. The molecule has 0 aromatic rings. The van der Waals surface area contributed by atoms with Crippen LogP contribution < -0.4 is 0 Å². The maximum absolute atomic E-state index is 9.62. The van der Waals surface area contributed by atoms with E-state index >= 15 is 0 Å². The molecule has 0 radical (unpaired) electrons. The van der Waals surface area contributed by atoms with Crippen LogP contribution in [-0.2, 0) is 33.7 Å². The summed E-state index contributed by atoms with van der Waals surface area (Å²) in [5, 5.41) is 0. The zero-order valence-electron chi connectivity index (χ0n) is 2.77. The van der Waals surface area contributed by atoms with Crippen LogP contribution in [0.4, 0.5) is 0 Å². The second kappa shape index (κ2) is 0.527. The van der Waals surface area contributed by atoms with Crippen molar-refractivity contribution in [3.63, 3.8) is 0 Å². The molecule has 0 N–H and O–H groups in total. The minimum absolute atomic E-state index is 8.66. The summed E-state index contributed by atoms with van der Waals surface area (Å²) in [6.07, 6.45) is 0. The summed E-state index contributed by atoms with van der Waals surface area (Å²) in [5.74, 6) is 0. The third-order valence-corrected chi connectivity index (χ3v) is 0. The fourth-order valence-corrected chi connectivity index (χ4v) is 0. The molecule has 0 aliphatic heterocycles. The molecular formula is O6Pt. The van der Waals surface area contributed by atoms with Gasteiger partial charge < -0.3 is 0 Å². The Balaban J connectivity index is 8.86. The van der Waals surface area contributed by atoms with Crippen molar-refractivity contribution in [2.75, 3.05) is 0 Å². The standard InChI is InChI=1S/6O.Pt. The molecule has 7 heteroatoms. The molecule has 0 spiro atoms. The second-order valence-electron chi connectivity index (χ2n) is 0.791. The summed E-state index contributed by atoms with van der Waals surface area (Å²) in [7, 11) is 0. The molecule has 46 valence electrons. The SMILES string of the molecule is [O]=[Pt](=[O])(=[O])(=[O])(=[O])=[O]. The minimum atomic E-state index is -9.62. The summed E-state index contributed by atoms with van der Waals surface area (Å²) < 4.78 is 52.0. The van der Waals surface area contributed by atoms with Crippen molar-refractivity contribution >= 4 is 0 Å². The monoisotopic (exact) mass is 291 g/mol. The fraction of sp³-hybridized carbons (Fsp3) is 0. The molecule has 0 amide bonds. The normalized spacial score (nSPS) is 22.3. The van der Waals surface area contributed by atoms with Crippen LogP contribution in [0.25, 0.3) is 0 Å². The Kier molecular flexibility index (Phi) is 0.488. The average Bonchev–Trinajstić information content (AvgIpc) is 0.592. The quantitative estimate of drug-likeness (QED) is 0.584. The molecule has 0 atom stereocenters. The van der Waals surface area contributed by atoms with E-state index in [0.717, 1.165) is 0 Å². The van der Waals surface area contributed by atoms with Crippen LogP contribution in [0.3, 0.4) is 0 Å². The molecule has 0 aromatic heterocycles. The van der Waals surface area contributed by atoms with E-state index in [1.54, 1.807) is 0 Å². The van der Waals surface area contributed by atoms with Crippen molar-refractivity contribution in [3.05, 3.63) is 0 Å². The Morgan fingerprint density at radius 2 is 0.571 bits per heavy atom. The Bertz CT molecular complexity index is 432. The number of rotatable bonds is 0. The third kappa shape index (κ3) is 255. The molecule has 6 nitrogen and oxygen atoms in total. The van der Waals surface area contributed by atoms with E-state index in [1.165, 1.54) is 0 Å². The first kappa shape index (κ1) is 6.49. The third-order valence-electron chi connectivity index (χ3n) is 0. The van der Waals surface area contributed by atoms with Gasteiger partial charge in [0.05, 0.1) is 0 Å². The second-order valence-corrected chi connectivity index (χ2v) is 6.47. The van der Waals surface area contributed by atoms with E-state index in [4.69, 9.17) is 20.4 Å². The predicted molar refractivity (Wildman–Crippen MR) is 4.12 cm³/mol. The van der Waals surface area contributed by atoms with Crippen molar-refractivity contribution in [2.24, 2.45) is 0 Å². The van der Waals surface area contributed by atoms with Gasteiger partial charge >= 0.3 is 33.7 Å². The Morgan fingerprint density at radius 3 is 0.571 bits per heavy atom. The summed E-state index contributed by atoms with van der Waals surface area (Å²) in [5.41, 5.74) is 0. The van der Waals surface area contributed by atoms with Crippen LogP contribution in [-0.4, -0.2) is 0 Å². The van der Waals surface area contributed by atoms with Gasteiger partial charge in [0.15, 0.2) is 0 Å². The zero-order valence-corrected chi connectivity index (χ0v) is 5.04.